The van der Waals surface area contributed by atoms with Gasteiger partial charge in [-0.1, -0.05) is 12.2 Å². The molecule has 0 bridgehead atoms. The highest BCUT2D eigenvalue weighted by Gasteiger charge is 2.28. The van der Waals surface area contributed by atoms with E-state index in [-0.39, 0.29) is 5.44 Å². The van der Waals surface area contributed by atoms with Crippen LogP contribution in [0.4, 0.5) is 0 Å². The summed E-state index contributed by atoms with van der Waals surface area (Å²) in [5, 5.41) is 3.18. The molecule has 0 aromatic carbocycles. The maximum absolute atomic E-state index is 5.58. The van der Waals surface area contributed by atoms with Crippen LogP contribution in [0.1, 0.15) is 13.3 Å². The van der Waals surface area contributed by atoms with Gasteiger partial charge in [0.2, 0.25) is 0 Å². The summed E-state index contributed by atoms with van der Waals surface area (Å²) in [4.78, 5) is 0.975. The fraction of sp³-hybridized carbons (Fsp3) is 0.875. The zero-order valence-corrected chi connectivity index (χ0v) is 9.13. The number of rotatable bonds is 4. The Morgan fingerprint density at radius 1 is 1.83 bits per heavy atom. The van der Waals surface area contributed by atoms with Crippen LogP contribution in [0.5, 0.6) is 0 Å². The Kier molecular flexibility index (Phi) is 4.32. The molecule has 2 atom stereocenters. The number of hydrogen-bond acceptors (Lipinski definition) is 3. The quantitative estimate of drug-likeness (QED) is 0.556. The molecule has 70 valence electrons. The van der Waals surface area contributed by atoms with Crippen LogP contribution in [0.3, 0.4) is 0 Å². The molecule has 12 heavy (non-hydrogen) atoms. The van der Waals surface area contributed by atoms with E-state index < -0.39 is 0 Å². The number of nitrogens with one attached hydrogen (secondary N) is 1. The lowest BCUT2D eigenvalue weighted by molar-refractivity contribution is 0.104. The highest BCUT2D eigenvalue weighted by molar-refractivity contribution is 7.99. The molecular weight excluding hydrogens is 190 g/mol. The van der Waals surface area contributed by atoms with Gasteiger partial charge in [-0.25, -0.2) is 0 Å². The van der Waals surface area contributed by atoms with Gasteiger partial charge in [-0.2, -0.15) is 0 Å². The minimum Gasteiger partial charge on any atom is -0.379 e. The molecule has 1 heterocycles. The van der Waals surface area contributed by atoms with Crippen LogP contribution in [0, 0.1) is 5.92 Å². The van der Waals surface area contributed by atoms with Crippen LogP contribution in [-0.4, -0.2) is 29.8 Å². The monoisotopic (exact) mass is 205 g/mol. The average molecular weight is 205 g/mol. The second-order valence-electron chi connectivity index (χ2n) is 2.75. The summed E-state index contributed by atoms with van der Waals surface area (Å²) in [6.07, 6.45) is 3.19. The smallest absolute Gasteiger partial charge is 0.112 e. The van der Waals surface area contributed by atoms with Crippen LogP contribution >= 0.6 is 24.0 Å². The van der Waals surface area contributed by atoms with Crippen LogP contribution < -0.4 is 5.32 Å². The minimum atomic E-state index is 0.248. The third-order valence-electron chi connectivity index (χ3n) is 1.98. The highest BCUT2D eigenvalue weighted by atomic mass is 32.2. The van der Waals surface area contributed by atoms with Crippen LogP contribution in [0.2, 0.25) is 0 Å². The molecule has 0 aromatic rings. The second kappa shape index (κ2) is 5.04. The van der Waals surface area contributed by atoms with Gasteiger partial charge in [-0.15, -0.1) is 11.8 Å². The molecule has 4 heteroatoms. The van der Waals surface area contributed by atoms with E-state index in [9.17, 15) is 0 Å². The van der Waals surface area contributed by atoms with E-state index in [0.29, 0.717) is 5.92 Å². The third-order valence-corrected chi connectivity index (χ3v) is 3.36. The molecule has 0 saturated carbocycles. The summed E-state index contributed by atoms with van der Waals surface area (Å²) >= 11 is 6.94. The fourth-order valence-corrected chi connectivity index (χ4v) is 2.69. The summed E-state index contributed by atoms with van der Waals surface area (Å²) in [7, 11) is 0. The van der Waals surface area contributed by atoms with Gasteiger partial charge in [0.05, 0.1) is 4.99 Å². The van der Waals surface area contributed by atoms with Crippen molar-refractivity contribution < 1.29 is 4.74 Å². The standard InChI is InChI=1S/C8H15NOS2/c1-3-10-8(12-2)6-4-5-9-7(6)11/h6,8H,3-5H2,1-2H3,(H,9,11). The molecule has 0 amide bonds. The number of thiocarbonyl (C=S) groups is 1. The van der Waals surface area contributed by atoms with E-state index in [0.717, 1.165) is 24.6 Å². The maximum atomic E-state index is 5.58. The van der Waals surface area contributed by atoms with E-state index in [1.165, 1.54) is 0 Å². The van der Waals surface area contributed by atoms with Crippen LogP contribution in [0.25, 0.3) is 0 Å². The molecule has 1 aliphatic rings. The first-order valence-corrected chi connectivity index (χ1v) is 5.91. The Balaban J connectivity index is 2.46. The Morgan fingerprint density at radius 2 is 2.58 bits per heavy atom. The van der Waals surface area contributed by atoms with Gasteiger partial charge in [0.25, 0.3) is 0 Å². The Hall–Kier alpha value is 0.200. The SMILES string of the molecule is CCOC(SC)C1CCNC1=S. The van der Waals surface area contributed by atoms with Gasteiger partial charge in [-0.05, 0) is 19.6 Å². The molecule has 1 saturated heterocycles. The summed E-state index contributed by atoms with van der Waals surface area (Å²) in [5.74, 6) is 0.426. The Morgan fingerprint density at radius 3 is 3.00 bits per heavy atom. The molecule has 1 aliphatic heterocycles. The van der Waals surface area contributed by atoms with E-state index in [4.69, 9.17) is 17.0 Å². The van der Waals surface area contributed by atoms with Crippen molar-refractivity contribution in [2.45, 2.75) is 18.8 Å². The Labute approximate surface area is 83.4 Å². The zero-order chi connectivity index (χ0) is 8.97. The van der Waals surface area contributed by atoms with Crippen molar-refractivity contribution in [3.8, 4) is 0 Å². The predicted octanol–water partition coefficient (Wildman–Crippen LogP) is 1.65. The molecule has 2 nitrogen and oxygen atoms in total. The van der Waals surface area contributed by atoms with Gasteiger partial charge >= 0.3 is 0 Å². The van der Waals surface area contributed by atoms with E-state index >= 15 is 0 Å². The van der Waals surface area contributed by atoms with Crippen molar-refractivity contribution in [2.24, 2.45) is 5.92 Å². The van der Waals surface area contributed by atoms with Gasteiger partial charge in [0.15, 0.2) is 0 Å². The second-order valence-corrected chi connectivity index (χ2v) is 4.12. The van der Waals surface area contributed by atoms with Crippen molar-refractivity contribution in [2.75, 3.05) is 19.4 Å². The highest BCUT2D eigenvalue weighted by Crippen LogP contribution is 2.25. The Bertz CT molecular complexity index is 163. The molecule has 0 aromatic heterocycles. The van der Waals surface area contributed by atoms with Crippen LogP contribution in [0.15, 0.2) is 0 Å². The first-order chi connectivity index (χ1) is 5.79. The lowest BCUT2D eigenvalue weighted by atomic mass is 10.1. The zero-order valence-electron chi connectivity index (χ0n) is 7.50. The molecule has 0 spiro atoms. The first kappa shape index (κ1) is 10.3. The summed E-state index contributed by atoms with van der Waals surface area (Å²) in [6.45, 7) is 3.80. The predicted molar refractivity (Wildman–Crippen MR) is 57.6 cm³/mol. The number of hydrogen-bond donors (Lipinski definition) is 1. The van der Waals surface area contributed by atoms with Crippen molar-refractivity contribution in [1.82, 2.24) is 5.32 Å². The molecule has 1 N–H and O–H groups in total. The number of ether oxygens (including phenoxy) is 1. The number of thioether (sulfide) groups is 1. The minimum absolute atomic E-state index is 0.248. The topological polar surface area (TPSA) is 21.3 Å². The van der Waals surface area contributed by atoms with Gasteiger partial charge in [0.1, 0.15) is 5.44 Å². The molecule has 1 rings (SSSR count). The van der Waals surface area contributed by atoms with E-state index in [1.54, 1.807) is 11.8 Å². The van der Waals surface area contributed by atoms with E-state index in [1.807, 2.05) is 6.92 Å². The first-order valence-electron chi connectivity index (χ1n) is 4.21. The fourth-order valence-electron chi connectivity index (χ4n) is 1.39. The normalized spacial score (nSPS) is 25.5. The summed E-state index contributed by atoms with van der Waals surface area (Å²) < 4.78 is 5.58. The van der Waals surface area contributed by atoms with Crippen molar-refractivity contribution in [1.29, 1.82) is 0 Å². The van der Waals surface area contributed by atoms with Crippen molar-refractivity contribution >= 4 is 29.0 Å². The van der Waals surface area contributed by atoms with Gasteiger partial charge in [0, 0.05) is 19.1 Å². The summed E-state index contributed by atoms with van der Waals surface area (Å²) in [5.41, 5.74) is 0.248. The molecular formula is C8H15NOS2. The maximum Gasteiger partial charge on any atom is 0.112 e. The molecule has 2 unspecified atom stereocenters. The summed E-state index contributed by atoms with van der Waals surface area (Å²) in [6, 6.07) is 0. The van der Waals surface area contributed by atoms with Crippen LogP contribution in [-0.2, 0) is 4.74 Å². The third kappa shape index (κ3) is 2.34. The van der Waals surface area contributed by atoms with Gasteiger partial charge < -0.3 is 10.1 Å². The molecule has 1 fully saturated rings. The van der Waals surface area contributed by atoms with Crippen molar-refractivity contribution in [3.05, 3.63) is 0 Å². The lowest BCUT2D eigenvalue weighted by Gasteiger charge is -2.20. The molecule has 0 radical (unpaired) electrons. The van der Waals surface area contributed by atoms with Gasteiger partial charge in [-0.3, -0.25) is 0 Å². The average Bonchev–Trinajstić information content (AvgIpc) is 2.47. The van der Waals surface area contributed by atoms with Crippen molar-refractivity contribution in [3.63, 3.8) is 0 Å². The molecule has 0 aliphatic carbocycles. The van der Waals surface area contributed by atoms with E-state index in [2.05, 4.69) is 11.6 Å². The lowest BCUT2D eigenvalue weighted by Crippen LogP contribution is -2.27. The largest absolute Gasteiger partial charge is 0.379 e.